The monoisotopic (exact) mass is 475 g/mol. The van der Waals surface area contributed by atoms with Crippen LogP contribution in [0.1, 0.15) is 18.4 Å². The molecule has 2 aromatic heterocycles. The van der Waals surface area contributed by atoms with Gasteiger partial charge in [0.1, 0.15) is 5.82 Å². The number of furan rings is 1. The van der Waals surface area contributed by atoms with Crippen LogP contribution in [-0.4, -0.2) is 29.6 Å². The van der Waals surface area contributed by atoms with Gasteiger partial charge in [-0.15, -0.1) is 12.4 Å². The molecule has 2 aromatic carbocycles. The normalized spacial score (nSPS) is 13.9. The van der Waals surface area contributed by atoms with Gasteiger partial charge < -0.3 is 20.8 Å². The van der Waals surface area contributed by atoms with Gasteiger partial charge in [0.2, 0.25) is 0 Å². The van der Waals surface area contributed by atoms with Crippen LogP contribution >= 0.6 is 12.4 Å². The molecule has 5 rings (SSSR count). The Kier molecular flexibility index (Phi) is 7.95. The van der Waals surface area contributed by atoms with Gasteiger partial charge in [-0.25, -0.2) is 4.98 Å². The molecule has 6 nitrogen and oxygen atoms in total. The van der Waals surface area contributed by atoms with Crippen LogP contribution in [0.2, 0.25) is 0 Å². The number of nitrogens with one attached hydrogen (secondary N) is 2. The summed E-state index contributed by atoms with van der Waals surface area (Å²) in [5.41, 5.74) is 12.8. The number of rotatable bonds is 7. The summed E-state index contributed by atoms with van der Waals surface area (Å²) in [5, 5.41) is 6.95. The average molecular weight is 476 g/mol. The zero-order chi connectivity index (χ0) is 22.5. The minimum absolute atomic E-state index is 0. The average Bonchev–Trinajstić information content (AvgIpc) is 3.43. The van der Waals surface area contributed by atoms with Gasteiger partial charge in [-0.1, -0.05) is 48.5 Å². The molecule has 0 atom stereocenters. The first-order chi connectivity index (χ1) is 16.3. The number of halogens is 1. The molecule has 1 aliphatic heterocycles. The van der Waals surface area contributed by atoms with Crippen LogP contribution in [0.4, 0.5) is 5.82 Å². The minimum Gasteiger partial charge on any atom is -0.472 e. The second kappa shape index (κ2) is 11.3. The molecule has 0 unspecified atom stereocenters. The summed E-state index contributed by atoms with van der Waals surface area (Å²) in [5.74, 6) is 1.47. The number of nitrogens with two attached hydrogens (primary N) is 1. The highest BCUT2D eigenvalue weighted by Gasteiger charge is 2.16. The number of piperidine rings is 1. The van der Waals surface area contributed by atoms with Crippen LogP contribution < -0.4 is 16.4 Å². The van der Waals surface area contributed by atoms with E-state index in [9.17, 15) is 0 Å². The Labute approximate surface area is 206 Å². The van der Waals surface area contributed by atoms with Crippen LogP contribution in [0.5, 0.6) is 0 Å². The Balaban J connectivity index is 0.00000274. The molecule has 1 fully saturated rings. The van der Waals surface area contributed by atoms with Crippen molar-refractivity contribution in [3.05, 3.63) is 78.9 Å². The highest BCUT2D eigenvalue weighted by atomic mass is 35.5. The van der Waals surface area contributed by atoms with Gasteiger partial charge in [-0.05, 0) is 49.0 Å². The predicted molar refractivity (Wildman–Crippen MR) is 140 cm³/mol. The van der Waals surface area contributed by atoms with E-state index in [0.29, 0.717) is 12.5 Å². The third-order valence-corrected chi connectivity index (χ3v) is 6.28. The van der Waals surface area contributed by atoms with Crippen molar-refractivity contribution in [1.82, 2.24) is 15.3 Å². The lowest BCUT2D eigenvalue weighted by Gasteiger charge is -2.23. The number of anilines is 1. The van der Waals surface area contributed by atoms with Gasteiger partial charge in [-0.2, -0.15) is 0 Å². The van der Waals surface area contributed by atoms with Crippen molar-refractivity contribution in [2.24, 2.45) is 11.7 Å². The largest absolute Gasteiger partial charge is 0.472 e. The molecule has 1 saturated heterocycles. The predicted octanol–water partition coefficient (Wildman–Crippen LogP) is 5.36. The molecule has 1 aliphatic rings. The molecule has 176 valence electrons. The molecule has 0 saturated carbocycles. The van der Waals surface area contributed by atoms with E-state index in [2.05, 4.69) is 47.0 Å². The Morgan fingerprint density at radius 1 is 0.882 bits per heavy atom. The first-order valence-electron chi connectivity index (χ1n) is 11.5. The maximum Gasteiger partial charge on any atom is 0.145 e. The Morgan fingerprint density at radius 2 is 1.56 bits per heavy atom. The van der Waals surface area contributed by atoms with Crippen molar-refractivity contribution < 1.29 is 4.42 Å². The van der Waals surface area contributed by atoms with Crippen LogP contribution in [0.3, 0.4) is 0 Å². The summed E-state index contributed by atoms with van der Waals surface area (Å²) in [6.45, 7) is 3.61. The molecular weight excluding hydrogens is 446 g/mol. The first kappa shape index (κ1) is 24.0. The topological polar surface area (TPSA) is 89.0 Å². The first-order valence-corrected chi connectivity index (χ1v) is 11.5. The highest BCUT2D eigenvalue weighted by molar-refractivity contribution is 5.85. The molecule has 34 heavy (non-hydrogen) atoms. The molecule has 7 heteroatoms. The van der Waals surface area contributed by atoms with Crippen molar-refractivity contribution in [2.45, 2.75) is 19.4 Å². The fourth-order valence-electron chi connectivity index (χ4n) is 4.27. The fraction of sp³-hybridized carbons (Fsp3) is 0.259. The number of benzene rings is 2. The second-order valence-electron chi connectivity index (χ2n) is 8.52. The second-order valence-corrected chi connectivity index (χ2v) is 8.52. The molecule has 0 radical (unpaired) electrons. The van der Waals surface area contributed by atoms with E-state index in [1.807, 2.05) is 24.4 Å². The molecular formula is C27H30ClN5O. The summed E-state index contributed by atoms with van der Waals surface area (Å²) in [7, 11) is 0. The van der Waals surface area contributed by atoms with Crippen LogP contribution in [0.15, 0.2) is 77.7 Å². The van der Waals surface area contributed by atoms with E-state index in [0.717, 1.165) is 64.7 Å². The zero-order valence-electron chi connectivity index (χ0n) is 19.0. The van der Waals surface area contributed by atoms with E-state index < -0.39 is 0 Å². The molecule has 0 bridgehead atoms. The van der Waals surface area contributed by atoms with Gasteiger partial charge in [0.05, 0.1) is 30.1 Å². The maximum atomic E-state index is 5.78. The molecule has 4 N–H and O–H groups in total. The van der Waals surface area contributed by atoms with Crippen molar-refractivity contribution in [2.75, 3.05) is 25.0 Å². The van der Waals surface area contributed by atoms with Crippen molar-refractivity contribution in [3.8, 4) is 33.6 Å². The summed E-state index contributed by atoms with van der Waals surface area (Å²) in [6.07, 6.45) is 7.67. The number of aromatic nitrogens is 2. The molecule has 0 aliphatic carbocycles. The van der Waals surface area contributed by atoms with Crippen molar-refractivity contribution in [3.63, 3.8) is 0 Å². The Hall–Kier alpha value is -3.19. The summed E-state index contributed by atoms with van der Waals surface area (Å²) in [6, 6.07) is 18.6. The molecule has 3 heterocycles. The van der Waals surface area contributed by atoms with Crippen LogP contribution in [0, 0.1) is 5.92 Å². The molecule has 0 spiro atoms. The smallest absolute Gasteiger partial charge is 0.145 e. The Morgan fingerprint density at radius 3 is 2.24 bits per heavy atom. The van der Waals surface area contributed by atoms with Gasteiger partial charge in [0, 0.05) is 29.8 Å². The van der Waals surface area contributed by atoms with E-state index in [1.165, 1.54) is 12.8 Å². The minimum atomic E-state index is 0. The maximum absolute atomic E-state index is 5.78. The molecule has 0 amide bonds. The number of hydrogen-bond donors (Lipinski definition) is 3. The lowest BCUT2D eigenvalue weighted by atomic mass is 9.98. The highest BCUT2D eigenvalue weighted by Crippen LogP contribution is 2.32. The lowest BCUT2D eigenvalue weighted by molar-refractivity contribution is 0.389. The number of nitrogens with zero attached hydrogens (tertiary/aromatic N) is 2. The van der Waals surface area contributed by atoms with E-state index in [4.69, 9.17) is 20.1 Å². The Bertz CT molecular complexity index is 1170. The van der Waals surface area contributed by atoms with E-state index in [1.54, 1.807) is 12.5 Å². The SMILES string of the molecule is Cl.NCc1ccc(-c2ncc(NCC3CCNCC3)nc2-c2ccc(-c3ccoc3)cc2)cc1. The van der Waals surface area contributed by atoms with E-state index >= 15 is 0 Å². The van der Waals surface area contributed by atoms with Crippen LogP contribution in [-0.2, 0) is 6.54 Å². The summed E-state index contributed by atoms with van der Waals surface area (Å²) in [4.78, 5) is 9.84. The fourth-order valence-corrected chi connectivity index (χ4v) is 4.27. The van der Waals surface area contributed by atoms with Crippen molar-refractivity contribution >= 4 is 18.2 Å². The van der Waals surface area contributed by atoms with E-state index in [-0.39, 0.29) is 12.4 Å². The third kappa shape index (κ3) is 5.47. The lowest BCUT2D eigenvalue weighted by Crippen LogP contribution is -2.31. The zero-order valence-corrected chi connectivity index (χ0v) is 19.9. The van der Waals surface area contributed by atoms with Gasteiger partial charge in [-0.3, -0.25) is 4.98 Å². The third-order valence-electron chi connectivity index (χ3n) is 6.28. The van der Waals surface area contributed by atoms with Gasteiger partial charge in [0.25, 0.3) is 0 Å². The standard InChI is InChI=1S/C27H29N5O.ClH/c28-15-19-1-3-22(4-2-19)26-27(23-7-5-21(6-8-23)24-11-14-33-18-24)32-25(17-31-26)30-16-20-9-12-29-13-10-20;/h1-8,11,14,17-18,20,29H,9-10,12-13,15-16,28H2,(H,30,32);1H. The summed E-state index contributed by atoms with van der Waals surface area (Å²) >= 11 is 0. The van der Waals surface area contributed by atoms with Gasteiger partial charge >= 0.3 is 0 Å². The van der Waals surface area contributed by atoms with Crippen molar-refractivity contribution in [1.29, 1.82) is 0 Å². The molecule has 4 aromatic rings. The van der Waals surface area contributed by atoms with Crippen LogP contribution in [0.25, 0.3) is 33.6 Å². The van der Waals surface area contributed by atoms with Gasteiger partial charge in [0.15, 0.2) is 0 Å². The summed E-state index contributed by atoms with van der Waals surface area (Å²) < 4.78 is 5.23. The number of hydrogen-bond acceptors (Lipinski definition) is 6. The quantitative estimate of drug-likeness (QED) is 0.333.